The number of pyridine rings is 1. The minimum Gasteiger partial charge on any atom is -0.334 e. The zero-order chi connectivity index (χ0) is 12.3. The highest BCUT2D eigenvalue weighted by atomic mass is 79.9. The molecule has 3 nitrogen and oxygen atoms in total. The summed E-state index contributed by atoms with van der Waals surface area (Å²) in [5, 5.41) is 4.33. The number of nitrogens with zero attached hydrogens (tertiary/aromatic N) is 2. The van der Waals surface area contributed by atoms with Gasteiger partial charge in [0.05, 0.1) is 17.4 Å². The van der Waals surface area contributed by atoms with E-state index in [0.29, 0.717) is 0 Å². The summed E-state index contributed by atoms with van der Waals surface area (Å²) in [5.74, 6) is 1.12. The topological polar surface area (TPSA) is 37.3 Å². The van der Waals surface area contributed by atoms with E-state index in [1.807, 2.05) is 12.3 Å². The second-order valence-corrected chi connectivity index (χ2v) is 6.38. The van der Waals surface area contributed by atoms with Gasteiger partial charge >= 0.3 is 0 Å². The lowest BCUT2D eigenvalue weighted by atomic mass is 9.97. The molecular formula is C12H16BrN3S. The van der Waals surface area contributed by atoms with Gasteiger partial charge in [-0.15, -0.1) is 0 Å². The summed E-state index contributed by atoms with van der Waals surface area (Å²) in [5.41, 5.74) is 1.07. The third-order valence-electron chi connectivity index (χ3n) is 2.97. The van der Waals surface area contributed by atoms with Crippen molar-refractivity contribution >= 4 is 38.5 Å². The van der Waals surface area contributed by atoms with Crippen molar-refractivity contribution < 1.29 is 0 Å². The molecule has 0 bridgehead atoms. The number of halogens is 1. The van der Waals surface area contributed by atoms with Crippen LogP contribution in [0.2, 0.25) is 0 Å². The van der Waals surface area contributed by atoms with Crippen LogP contribution in [0, 0.1) is 0 Å². The zero-order valence-corrected chi connectivity index (χ0v) is 12.4. The molecule has 1 aromatic rings. The first-order valence-electron chi connectivity index (χ1n) is 5.71. The Balaban J connectivity index is 2.13. The molecule has 5 heteroatoms. The van der Waals surface area contributed by atoms with Gasteiger partial charge in [0.1, 0.15) is 0 Å². The molecule has 1 N–H and O–H groups in total. The fraction of sp³-hybridized carbons (Fsp3) is 0.500. The Morgan fingerprint density at radius 3 is 3.06 bits per heavy atom. The number of hydrogen-bond acceptors (Lipinski definition) is 4. The van der Waals surface area contributed by atoms with E-state index < -0.39 is 0 Å². The molecule has 0 fully saturated rings. The van der Waals surface area contributed by atoms with Crippen LogP contribution in [0.1, 0.15) is 26.7 Å². The molecule has 0 saturated carbocycles. The van der Waals surface area contributed by atoms with Crippen molar-refractivity contribution in [1.82, 2.24) is 4.98 Å². The van der Waals surface area contributed by atoms with Gasteiger partial charge in [0, 0.05) is 16.4 Å². The second-order valence-electron chi connectivity index (χ2n) is 4.38. The molecule has 1 atom stereocenters. The lowest BCUT2D eigenvalue weighted by Gasteiger charge is -2.29. The highest BCUT2D eigenvalue weighted by Gasteiger charge is 2.25. The number of nitrogens with one attached hydrogen (secondary N) is 1. The van der Waals surface area contributed by atoms with Crippen molar-refractivity contribution in [1.29, 1.82) is 0 Å². The lowest BCUT2D eigenvalue weighted by Crippen LogP contribution is -2.29. The van der Waals surface area contributed by atoms with Crippen LogP contribution in [0.5, 0.6) is 0 Å². The van der Waals surface area contributed by atoms with Crippen LogP contribution < -0.4 is 5.32 Å². The van der Waals surface area contributed by atoms with Crippen LogP contribution in [0.25, 0.3) is 0 Å². The van der Waals surface area contributed by atoms with Crippen LogP contribution in [0.3, 0.4) is 0 Å². The van der Waals surface area contributed by atoms with Crippen molar-refractivity contribution in [3.8, 4) is 0 Å². The number of aromatic nitrogens is 1. The maximum Gasteiger partial charge on any atom is 0.161 e. The largest absolute Gasteiger partial charge is 0.334 e. The Bertz CT molecular complexity index is 436. The highest BCUT2D eigenvalue weighted by Crippen LogP contribution is 2.29. The van der Waals surface area contributed by atoms with Gasteiger partial charge in [0.25, 0.3) is 0 Å². The second kappa shape index (κ2) is 5.40. The monoisotopic (exact) mass is 313 g/mol. The maximum atomic E-state index is 4.78. The highest BCUT2D eigenvalue weighted by molar-refractivity contribution is 9.10. The Morgan fingerprint density at radius 1 is 1.53 bits per heavy atom. The quantitative estimate of drug-likeness (QED) is 0.899. The van der Waals surface area contributed by atoms with Crippen LogP contribution in [-0.4, -0.2) is 21.4 Å². The molecule has 17 heavy (non-hydrogen) atoms. The van der Waals surface area contributed by atoms with E-state index in [1.165, 1.54) is 0 Å². The van der Waals surface area contributed by atoms with Gasteiger partial charge in [-0.1, -0.05) is 18.7 Å². The normalized spacial score (nSPS) is 24.3. The van der Waals surface area contributed by atoms with Crippen molar-refractivity contribution in [2.45, 2.75) is 32.2 Å². The molecule has 1 aliphatic heterocycles. The molecule has 0 aliphatic carbocycles. The molecule has 0 spiro atoms. The van der Waals surface area contributed by atoms with E-state index in [1.54, 1.807) is 18.0 Å². The Hall–Kier alpha value is -0.550. The van der Waals surface area contributed by atoms with Crippen molar-refractivity contribution in [2.75, 3.05) is 11.1 Å². The lowest BCUT2D eigenvalue weighted by molar-refractivity contribution is 0.443. The van der Waals surface area contributed by atoms with Gasteiger partial charge in [-0.25, -0.2) is 0 Å². The third kappa shape index (κ3) is 3.45. The maximum absolute atomic E-state index is 4.78. The molecule has 0 aromatic carbocycles. The first-order valence-corrected chi connectivity index (χ1v) is 7.49. The molecule has 0 radical (unpaired) electrons. The van der Waals surface area contributed by atoms with E-state index in [9.17, 15) is 0 Å². The van der Waals surface area contributed by atoms with E-state index in [4.69, 9.17) is 4.99 Å². The molecule has 92 valence electrons. The Kier molecular flexibility index (Phi) is 4.09. The summed E-state index contributed by atoms with van der Waals surface area (Å²) in [6.45, 7) is 4.41. The third-order valence-corrected chi connectivity index (χ3v) is 4.28. The average Bonchev–Trinajstić information content (AvgIpc) is 2.29. The van der Waals surface area contributed by atoms with Gasteiger partial charge in [-0.05, 0) is 41.8 Å². The van der Waals surface area contributed by atoms with E-state index in [0.717, 1.165) is 33.9 Å². The van der Waals surface area contributed by atoms with Gasteiger partial charge in [0.15, 0.2) is 5.17 Å². The van der Waals surface area contributed by atoms with Gasteiger partial charge in [0.2, 0.25) is 0 Å². The number of rotatable bonds is 2. The minimum atomic E-state index is 0.0903. The number of thioether (sulfide) groups is 1. The molecular weight excluding hydrogens is 298 g/mol. The van der Waals surface area contributed by atoms with Crippen LogP contribution in [0.15, 0.2) is 27.9 Å². The molecule has 2 heterocycles. The first kappa shape index (κ1) is 12.9. The molecule has 1 unspecified atom stereocenters. The number of anilines is 1. The summed E-state index contributed by atoms with van der Waals surface area (Å²) in [6, 6.07) is 2.01. The predicted molar refractivity (Wildman–Crippen MR) is 78.8 cm³/mol. The van der Waals surface area contributed by atoms with E-state index in [-0.39, 0.29) is 5.54 Å². The van der Waals surface area contributed by atoms with Gasteiger partial charge < -0.3 is 5.32 Å². The van der Waals surface area contributed by atoms with Crippen LogP contribution in [0.4, 0.5) is 5.69 Å². The number of amidine groups is 1. The smallest absolute Gasteiger partial charge is 0.161 e. The molecule has 2 rings (SSSR count). The van der Waals surface area contributed by atoms with Crippen molar-refractivity contribution in [3.63, 3.8) is 0 Å². The summed E-state index contributed by atoms with van der Waals surface area (Å²) in [4.78, 5) is 8.92. The summed E-state index contributed by atoms with van der Waals surface area (Å²) in [6.07, 6.45) is 5.81. The summed E-state index contributed by atoms with van der Waals surface area (Å²) >= 11 is 5.19. The minimum absolute atomic E-state index is 0.0903. The standard InChI is InChI=1S/C12H16BrN3S/c1-3-12(2)4-5-17-11(16-12)15-10-6-9(13)7-14-8-10/h6-8H,3-5H2,1-2H3,(H,15,16). The number of aliphatic imine (C=N–C) groups is 1. The van der Waals surface area contributed by atoms with Crippen LogP contribution >= 0.6 is 27.7 Å². The molecule has 1 aromatic heterocycles. The van der Waals surface area contributed by atoms with Gasteiger partial charge in [-0.2, -0.15) is 0 Å². The SMILES string of the molecule is CCC1(C)CCSC(Nc2cncc(Br)c2)=N1. The van der Waals surface area contributed by atoms with Gasteiger partial charge in [-0.3, -0.25) is 9.98 Å². The van der Waals surface area contributed by atoms with E-state index >= 15 is 0 Å². The fourth-order valence-electron chi connectivity index (χ4n) is 1.62. The Morgan fingerprint density at radius 2 is 2.35 bits per heavy atom. The molecule has 0 saturated heterocycles. The zero-order valence-electron chi connectivity index (χ0n) is 10.0. The first-order chi connectivity index (χ1) is 8.11. The van der Waals surface area contributed by atoms with Crippen molar-refractivity contribution in [3.05, 3.63) is 22.9 Å². The van der Waals surface area contributed by atoms with Crippen LogP contribution in [-0.2, 0) is 0 Å². The fourth-order valence-corrected chi connectivity index (χ4v) is 3.20. The Labute approximate surface area is 115 Å². The van der Waals surface area contributed by atoms with Crippen molar-refractivity contribution in [2.24, 2.45) is 4.99 Å². The van der Waals surface area contributed by atoms with E-state index in [2.05, 4.69) is 40.1 Å². The molecule has 1 aliphatic rings. The average molecular weight is 314 g/mol. The number of hydrogen-bond donors (Lipinski definition) is 1. The predicted octanol–water partition coefficient (Wildman–Crippen LogP) is 3.92. The summed E-state index contributed by atoms with van der Waals surface area (Å²) < 4.78 is 0.974. The summed E-state index contributed by atoms with van der Waals surface area (Å²) in [7, 11) is 0. The molecule has 0 amide bonds.